The molecule has 0 bridgehead atoms. The normalized spacial score (nSPS) is 32.1. The monoisotopic (exact) mass is 208 g/mol. The standard InChI is InChI=1S/C11H20N4/c1-15(2)9-4-3-5-11(12,8-9)10-13-6-7-14-10/h6-7,9H,3-5,8,12H2,1-2H3,(H,13,14)/t9-,11-/m0/s1. The molecule has 4 heteroatoms. The van der Waals surface area contributed by atoms with Crippen LogP contribution in [0.1, 0.15) is 31.5 Å². The summed E-state index contributed by atoms with van der Waals surface area (Å²) in [6.45, 7) is 0. The Balaban J connectivity index is 2.15. The molecule has 15 heavy (non-hydrogen) atoms. The number of hydrogen-bond donors (Lipinski definition) is 2. The summed E-state index contributed by atoms with van der Waals surface area (Å²) in [5, 5.41) is 0. The van der Waals surface area contributed by atoms with Gasteiger partial charge >= 0.3 is 0 Å². The third kappa shape index (κ3) is 2.06. The number of rotatable bonds is 2. The lowest BCUT2D eigenvalue weighted by molar-refractivity contribution is 0.157. The zero-order valence-corrected chi connectivity index (χ0v) is 9.53. The second-order valence-corrected chi connectivity index (χ2v) is 4.81. The quantitative estimate of drug-likeness (QED) is 0.764. The molecule has 1 fully saturated rings. The summed E-state index contributed by atoms with van der Waals surface area (Å²) in [7, 11) is 4.25. The Morgan fingerprint density at radius 1 is 1.60 bits per heavy atom. The van der Waals surface area contributed by atoms with Crippen molar-refractivity contribution in [1.29, 1.82) is 0 Å². The molecule has 1 aromatic rings. The summed E-state index contributed by atoms with van der Waals surface area (Å²) in [5.74, 6) is 0.939. The van der Waals surface area contributed by atoms with Gasteiger partial charge in [0.05, 0.1) is 5.54 Å². The van der Waals surface area contributed by atoms with Crippen LogP contribution in [0, 0.1) is 0 Å². The molecule has 1 heterocycles. The summed E-state index contributed by atoms with van der Waals surface area (Å²) in [6.07, 6.45) is 8.08. The fourth-order valence-corrected chi connectivity index (χ4v) is 2.47. The number of hydrogen-bond acceptors (Lipinski definition) is 3. The van der Waals surface area contributed by atoms with Crippen LogP contribution in [0.5, 0.6) is 0 Å². The lowest BCUT2D eigenvalue weighted by Gasteiger charge is -2.39. The predicted molar refractivity (Wildman–Crippen MR) is 60.4 cm³/mol. The number of imidazole rings is 1. The van der Waals surface area contributed by atoms with E-state index in [-0.39, 0.29) is 5.54 Å². The van der Waals surface area contributed by atoms with Gasteiger partial charge in [-0.15, -0.1) is 0 Å². The first-order valence-electron chi connectivity index (χ1n) is 5.57. The Bertz CT molecular complexity index is 306. The van der Waals surface area contributed by atoms with Crippen LogP contribution in [0.3, 0.4) is 0 Å². The number of H-pyrrole nitrogens is 1. The highest BCUT2D eigenvalue weighted by molar-refractivity contribution is 5.08. The lowest BCUT2D eigenvalue weighted by atomic mass is 9.79. The van der Waals surface area contributed by atoms with Crippen LogP contribution >= 0.6 is 0 Å². The first-order valence-corrected chi connectivity index (χ1v) is 5.57. The van der Waals surface area contributed by atoms with Gasteiger partial charge in [-0.05, 0) is 39.8 Å². The highest BCUT2D eigenvalue weighted by Crippen LogP contribution is 2.34. The topological polar surface area (TPSA) is 57.9 Å². The maximum Gasteiger partial charge on any atom is 0.126 e. The summed E-state index contributed by atoms with van der Waals surface area (Å²) >= 11 is 0. The molecule has 0 spiro atoms. The van der Waals surface area contributed by atoms with Crippen molar-refractivity contribution in [2.45, 2.75) is 37.3 Å². The van der Waals surface area contributed by atoms with Crippen molar-refractivity contribution in [3.8, 4) is 0 Å². The number of aromatic amines is 1. The third-order valence-electron chi connectivity index (χ3n) is 3.46. The van der Waals surface area contributed by atoms with E-state index in [0.29, 0.717) is 6.04 Å². The van der Waals surface area contributed by atoms with Gasteiger partial charge in [0.15, 0.2) is 0 Å². The Kier molecular flexibility index (Phi) is 2.80. The summed E-state index contributed by atoms with van der Waals surface area (Å²) in [6, 6.07) is 0.578. The molecule has 0 aromatic carbocycles. The second kappa shape index (κ2) is 3.94. The van der Waals surface area contributed by atoms with Crippen molar-refractivity contribution in [3.05, 3.63) is 18.2 Å². The second-order valence-electron chi connectivity index (χ2n) is 4.81. The third-order valence-corrected chi connectivity index (χ3v) is 3.46. The number of nitrogens with one attached hydrogen (secondary N) is 1. The SMILES string of the molecule is CN(C)[C@H]1CCC[C@@](N)(c2ncc[nH]2)C1. The van der Waals surface area contributed by atoms with Crippen LogP contribution in [-0.2, 0) is 5.54 Å². The minimum atomic E-state index is -0.253. The molecule has 1 aliphatic rings. The van der Waals surface area contributed by atoms with Crippen LogP contribution < -0.4 is 5.73 Å². The molecule has 2 atom stereocenters. The fraction of sp³-hybridized carbons (Fsp3) is 0.727. The van der Waals surface area contributed by atoms with Gasteiger partial charge in [0, 0.05) is 18.4 Å². The lowest BCUT2D eigenvalue weighted by Crippen LogP contribution is -2.47. The molecule has 1 aromatic heterocycles. The van der Waals surface area contributed by atoms with Gasteiger partial charge in [0.2, 0.25) is 0 Å². The number of nitrogens with zero attached hydrogens (tertiary/aromatic N) is 2. The van der Waals surface area contributed by atoms with Crippen molar-refractivity contribution < 1.29 is 0 Å². The van der Waals surface area contributed by atoms with Gasteiger partial charge < -0.3 is 15.6 Å². The van der Waals surface area contributed by atoms with Crippen molar-refractivity contribution in [3.63, 3.8) is 0 Å². The molecule has 3 N–H and O–H groups in total. The highest BCUT2D eigenvalue weighted by atomic mass is 15.1. The zero-order valence-electron chi connectivity index (χ0n) is 9.53. The predicted octanol–water partition coefficient (Wildman–Crippen LogP) is 1.07. The Hall–Kier alpha value is -0.870. The summed E-state index contributed by atoms with van der Waals surface area (Å²) in [4.78, 5) is 9.73. The van der Waals surface area contributed by atoms with E-state index < -0.39 is 0 Å². The molecule has 0 radical (unpaired) electrons. The maximum absolute atomic E-state index is 6.43. The molecule has 2 rings (SSSR count). The van der Waals surface area contributed by atoms with E-state index in [1.54, 1.807) is 6.20 Å². The molecule has 1 saturated carbocycles. The molecule has 0 unspecified atom stereocenters. The first kappa shape index (κ1) is 10.6. The Morgan fingerprint density at radius 2 is 2.40 bits per heavy atom. The number of nitrogens with two attached hydrogens (primary N) is 1. The zero-order chi connectivity index (χ0) is 10.9. The van der Waals surface area contributed by atoms with Gasteiger partial charge in [-0.2, -0.15) is 0 Å². The minimum absolute atomic E-state index is 0.253. The molecular weight excluding hydrogens is 188 g/mol. The van der Waals surface area contributed by atoms with Crippen molar-refractivity contribution in [2.75, 3.05) is 14.1 Å². The molecule has 0 aliphatic heterocycles. The van der Waals surface area contributed by atoms with Crippen LogP contribution in [0.4, 0.5) is 0 Å². The molecule has 0 saturated heterocycles. The molecule has 84 valence electrons. The smallest absolute Gasteiger partial charge is 0.126 e. The van der Waals surface area contributed by atoms with Crippen LogP contribution in [0.2, 0.25) is 0 Å². The van der Waals surface area contributed by atoms with E-state index >= 15 is 0 Å². The van der Waals surface area contributed by atoms with Gasteiger partial charge in [0.25, 0.3) is 0 Å². The average molecular weight is 208 g/mol. The van der Waals surface area contributed by atoms with E-state index in [9.17, 15) is 0 Å². The van der Waals surface area contributed by atoms with Crippen LogP contribution in [0.15, 0.2) is 12.4 Å². The van der Waals surface area contributed by atoms with Crippen LogP contribution in [0.25, 0.3) is 0 Å². The van der Waals surface area contributed by atoms with Gasteiger partial charge in [-0.3, -0.25) is 0 Å². The van der Waals surface area contributed by atoms with Crippen molar-refractivity contribution >= 4 is 0 Å². The Labute approximate surface area is 90.9 Å². The molecule has 0 amide bonds. The molecule has 4 nitrogen and oxygen atoms in total. The maximum atomic E-state index is 6.43. The Morgan fingerprint density at radius 3 is 3.00 bits per heavy atom. The molecule has 1 aliphatic carbocycles. The summed E-state index contributed by atoms with van der Waals surface area (Å²) < 4.78 is 0. The molecular formula is C11H20N4. The van der Waals surface area contributed by atoms with Gasteiger partial charge in [-0.1, -0.05) is 0 Å². The van der Waals surface area contributed by atoms with E-state index in [1.165, 1.54) is 12.8 Å². The summed E-state index contributed by atoms with van der Waals surface area (Å²) in [5.41, 5.74) is 6.18. The minimum Gasteiger partial charge on any atom is -0.347 e. The fourth-order valence-electron chi connectivity index (χ4n) is 2.47. The highest BCUT2D eigenvalue weighted by Gasteiger charge is 2.36. The van der Waals surface area contributed by atoms with Crippen LogP contribution in [-0.4, -0.2) is 35.0 Å². The first-order chi connectivity index (χ1) is 7.12. The number of aromatic nitrogens is 2. The van der Waals surface area contributed by atoms with Gasteiger partial charge in [0.1, 0.15) is 5.82 Å². The van der Waals surface area contributed by atoms with E-state index in [1.807, 2.05) is 6.20 Å². The average Bonchev–Trinajstić information content (AvgIpc) is 2.71. The van der Waals surface area contributed by atoms with E-state index in [2.05, 4.69) is 29.0 Å². The largest absolute Gasteiger partial charge is 0.347 e. The van der Waals surface area contributed by atoms with E-state index in [0.717, 1.165) is 18.7 Å². The van der Waals surface area contributed by atoms with Crippen molar-refractivity contribution in [1.82, 2.24) is 14.9 Å². The van der Waals surface area contributed by atoms with E-state index in [4.69, 9.17) is 5.73 Å². The van der Waals surface area contributed by atoms with Gasteiger partial charge in [-0.25, -0.2) is 4.98 Å². The van der Waals surface area contributed by atoms with Crippen molar-refractivity contribution in [2.24, 2.45) is 5.73 Å².